The van der Waals surface area contributed by atoms with E-state index >= 15 is 0 Å². The Balaban J connectivity index is 1.88. The second-order valence-corrected chi connectivity index (χ2v) is 9.05. The second kappa shape index (κ2) is 6.29. The summed E-state index contributed by atoms with van der Waals surface area (Å²) in [6.45, 7) is 3.52. The fourth-order valence-corrected chi connectivity index (χ4v) is 4.84. The Morgan fingerprint density at radius 2 is 1.92 bits per heavy atom. The van der Waals surface area contributed by atoms with Gasteiger partial charge in [0.15, 0.2) is 0 Å². The molecule has 1 aliphatic carbocycles. The van der Waals surface area contributed by atoms with Crippen LogP contribution >= 0.6 is 0 Å². The van der Waals surface area contributed by atoms with Gasteiger partial charge in [-0.1, -0.05) is 19.3 Å². The summed E-state index contributed by atoms with van der Waals surface area (Å²) in [6.07, 6.45) is 4.11. The van der Waals surface area contributed by atoms with Gasteiger partial charge in [-0.15, -0.1) is 0 Å². The predicted molar refractivity (Wildman–Crippen MR) is 91.3 cm³/mol. The van der Waals surface area contributed by atoms with Crippen LogP contribution in [0.4, 0.5) is 0 Å². The Hall–Kier alpha value is -1.15. The Kier molecular flexibility index (Phi) is 4.63. The van der Waals surface area contributed by atoms with Crippen LogP contribution in [0.15, 0.2) is 23.1 Å². The summed E-state index contributed by atoms with van der Waals surface area (Å²) < 4.78 is 33.9. The summed E-state index contributed by atoms with van der Waals surface area (Å²) >= 11 is 0. The Bertz CT molecular complexity index is 711. The van der Waals surface area contributed by atoms with Gasteiger partial charge in [0.05, 0.1) is 10.9 Å². The molecule has 1 fully saturated rings. The van der Waals surface area contributed by atoms with E-state index in [1.807, 2.05) is 0 Å². The van der Waals surface area contributed by atoms with Crippen LogP contribution in [0.25, 0.3) is 0 Å². The lowest BCUT2D eigenvalue weighted by molar-refractivity contribution is -0.0572. The molecule has 4 N–H and O–H groups in total. The van der Waals surface area contributed by atoms with Crippen molar-refractivity contribution in [3.63, 3.8) is 0 Å². The minimum atomic E-state index is -3.61. The second-order valence-electron chi connectivity index (χ2n) is 7.33. The number of nitrogens with one attached hydrogen (secondary N) is 1. The SMILES string of the molecule is CC1(C)Oc2ccc(S(=O)(=O)NC3CCCCC3)cc2[C@@H](N)[C@@H]1O. The number of hydrogen-bond donors (Lipinski definition) is 3. The number of aliphatic hydroxyl groups excluding tert-OH is 1. The van der Waals surface area contributed by atoms with E-state index in [-0.39, 0.29) is 10.9 Å². The maximum absolute atomic E-state index is 12.6. The molecule has 7 heteroatoms. The standard InChI is InChI=1S/C17H26N2O4S/c1-17(2)16(20)15(18)13-10-12(8-9-14(13)23-17)24(21,22)19-11-6-4-3-5-7-11/h8-11,15-16,19-20H,3-7,18H2,1-2H3/t15-,16+/m1/s1. The summed E-state index contributed by atoms with van der Waals surface area (Å²) in [4.78, 5) is 0.165. The van der Waals surface area contributed by atoms with Crippen molar-refractivity contribution in [1.82, 2.24) is 4.72 Å². The van der Waals surface area contributed by atoms with Gasteiger partial charge in [-0.25, -0.2) is 13.1 Å². The largest absolute Gasteiger partial charge is 0.485 e. The molecule has 6 nitrogen and oxygen atoms in total. The van der Waals surface area contributed by atoms with Crippen LogP contribution in [0.5, 0.6) is 5.75 Å². The molecule has 0 spiro atoms. The van der Waals surface area contributed by atoms with Crippen LogP contribution in [-0.4, -0.2) is 31.3 Å². The van der Waals surface area contributed by atoms with E-state index in [1.54, 1.807) is 19.9 Å². The highest BCUT2D eigenvalue weighted by Gasteiger charge is 2.41. The minimum absolute atomic E-state index is 0.00534. The molecule has 2 atom stereocenters. The van der Waals surface area contributed by atoms with E-state index in [9.17, 15) is 13.5 Å². The van der Waals surface area contributed by atoms with E-state index in [0.29, 0.717) is 11.3 Å². The van der Waals surface area contributed by atoms with E-state index in [1.165, 1.54) is 12.1 Å². The highest BCUT2D eigenvalue weighted by molar-refractivity contribution is 7.89. The van der Waals surface area contributed by atoms with Crippen LogP contribution in [-0.2, 0) is 10.0 Å². The summed E-state index contributed by atoms with van der Waals surface area (Å²) in [5, 5.41) is 10.3. The first-order chi connectivity index (χ1) is 11.2. The van der Waals surface area contributed by atoms with Crippen molar-refractivity contribution in [1.29, 1.82) is 0 Å². The quantitative estimate of drug-likeness (QED) is 0.769. The minimum Gasteiger partial charge on any atom is -0.485 e. The van der Waals surface area contributed by atoms with Crippen molar-refractivity contribution in [2.45, 2.75) is 74.6 Å². The van der Waals surface area contributed by atoms with Crippen molar-refractivity contribution in [3.05, 3.63) is 23.8 Å². The predicted octanol–water partition coefficient (Wildman–Crippen LogP) is 1.83. The maximum Gasteiger partial charge on any atom is 0.240 e. The smallest absolute Gasteiger partial charge is 0.240 e. The molecule has 1 aliphatic heterocycles. The van der Waals surface area contributed by atoms with Crippen molar-refractivity contribution >= 4 is 10.0 Å². The van der Waals surface area contributed by atoms with Crippen LogP contribution < -0.4 is 15.2 Å². The van der Waals surface area contributed by atoms with Crippen LogP contribution in [0.2, 0.25) is 0 Å². The number of sulfonamides is 1. The third kappa shape index (κ3) is 3.31. The van der Waals surface area contributed by atoms with E-state index < -0.39 is 27.8 Å². The number of ether oxygens (including phenoxy) is 1. The highest BCUT2D eigenvalue weighted by Crippen LogP contribution is 2.39. The van der Waals surface area contributed by atoms with E-state index in [0.717, 1.165) is 32.1 Å². The molecule has 0 amide bonds. The normalized spacial score (nSPS) is 27.3. The van der Waals surface area contributed by atoms with Crippen molar-refractivity contribution in [2.24, 2.45) is 5.73 Å². The zero-order valence-corrected chi connectivity index (χ0v) is 15.0. The van der Waals surface area contributed by atoms with Crippen molar-refractivity contribution in [3.8, 4) is 5.75 Å². The van der Waals surface area contributed by atoms with Gasteiger partial charge in [-0.05, 0) is 44.9 Å². The molecule has 1 aromatic rings. The van der Waals surface area contributed by atoms with Gasteiger partial charge in [-0.2, -0.15) is 0 Å². The maximum atomic E-state index is 12.6. The summed E-state index contributed by atoms with van der Waals surface area (Å²) in [6, 6.07) is 3.98. The summed E-state index contributed by atoms with van der Waals surface area (Å²) in [5.74, 6) is 0.523. The van der Waals surface area contributed by atoms with Gasteiger partial charge < -0.3 is 15.6 Å². The zero-order chi connectivity index (χ0) is 17.5. The molecule has 0 bridgehead atoms. The van der Waals surface area contributed by atoms with E-state index in [4.69, 9.17) is 10.5 Å². The molecule has 2 aliphatic rings. The molecule has 0 unspecified atom stereocenters. The molecular weight excluding hydrogens is 328 g/mol. The van der Waals surface area contributed by atoms with Gasteiger partial charge in [0.25, 0.3) is 0 Å². The molecule has 0 aromatic heterocycles. The van der Waals surface area contributed by atoms with Gasteiger partial charge >= 0.3 is 0 Å². The van der Waals surface area contributed by atoms with Crippen molar-refractivity contribution in [2.75, 3.05) is 0 Å². The zero-order valence-electron chi connectivity index (χ0n) is 14.2. The summed E-state index contributed by atoms with van der Waals surface area (Å²) in [5.41, 5.74) is 5.83. The fraction of sp³-hybridized carbons (Fsp3) is 0.647. The lowest BCUT2D eigenvalue weighted by Gasteiger charge is -2.40. The Morgan fingerprint density at radius 1 is 1.25 bits per heavy atom. The number of hydrogen-bond acceptors (Lipinski definition) is 5. The lowest BCUT2D eigenvalue weighted by Crippen LogP contribution is -2.51. The van der Waals surface area contributed by atoms with Crippen LogP contribution in [0.1, 0.15) is 57.6 Å². The molecule has 1 heterocycles. The Labute approximate surface area is 143 Å². The van der Waals surface area contributed by atoms with Gasteiger partial charge in [0.2, 0.25) is 10.0 Å². The van der Waals surface area contributed by atoms with Gasteiger partial charge in [-0.3, -0.25) is 0 Å². The molecule has 1 saturated carbocycles. The average molecular weight is 354 g/mol. The van der Waals surface area contributed by atoms with Gasteiger partial charge in [0, 0.05) is 11.6 Å². The molecule has 134 valence electrons. The number of nitrogens with two attached hydrogens (primary N) is 1. The third-order valence-electron chi connectivity index (χ3n) is 5.00. The molecule has 3 rings (SSSR count). The van der Waals surface area contributed by atoms with Crippen molar-refractivity contribution < 1.29 is 18.3 Å². The number of benzene rings is 1. The first kappa shape index (κ1) is 17.7. The number of rotatable bonds is 3. The number of aliphatic hydroxyl groups is 1. The number of fused-ring (bicyclic) bond motifs is 1. The average Bonchev–Trinajstić information content (AvgIpc) is 2.53. The lowest BCUT2D eigenvalue weighted by atomic mass is 9.87. The monoisotopic (exact) mass is 354 g/mol. The van der Waals surface area contributed by atoms with Crippen LogP contribution in [0.3, 0.4) is 0 Å². The topological polar surface area (TPSA) is 102 Å². The van der Waals surface area contributed by atoms with E-state index in [2.05, 4.69) is 4.72 Å². The molecule has 1 aromatic carbocycles. The molecule has 24 heavy (non-hydrogen) atoms. The van der Waals surface area contributed by atoms with Gasteiger partial charge in [0.1, 0.15) is 17.5 Å². The molecule has 0 saturated heterocycles. The highest BCUT2D eigenvalue weighted by atomic mass is 32.2. The first-order valence-electron chi connectivity index (χ1n) is 8.50. The van der Waals surface area contributed by atoms with Crippen LogP contribution in [0, 0.1) is 0 Å². The molecule has 0 radical (unpaired) electrons. The Morgan fingerprint density at radius 3 is 2.58 bits per heavy atom. The molecular formula is C17H26N2O4S. The fourth-order valence-electron chi connectivity index (χ4n) is 3.50. The third-order valence-corrected chi connectivity index (χ3v) is 6.52. The summed E-state index contributed by atoms with van der Waals surface area (Å²) in [7, 11) is -3.61. The first-order valence-corrected chi connectivity index (χ1v) is 9.98.